The maximum Gasteiger partial charge on any atom is 0.315 e. The Balaban J connectivity index is 1.53. The zero-order chi connectivity index (χ0) is 18.8. The number of hydrogen-bond acceptors (Lipinski definition) is 5. The topological polar surface area (TPSA) is 87.5 Å². The molecule has 0 unspecified atom stereocenters. The minimum absolute atomic E-state index is 0.203. The molecule has 1 aliphatic rings. The van der Waals surface area contributed by atoms with Crippen LogP contribution in [0.25, 0.3) is 0 Å². The normalized spacial score (nSPS) is 12.6. The van der Waals surface area contributed by atoms with Crippen molar-refractivity contribution in [2.45, 2.75) is 13.3 Å². The van der Waals surface area contributed by atoms with E-state index in [1.807, 2.05) is 30.3 Å². The minimum atomic E-state index is -0.806. The molecule has 2 N–H and O–H groups in total. The number of benzene rings is 2. The molecule has 27 heavy (non-hydrogen) atoms. The Morgan fingerprint density at radius 2 is 1.70 bits per heavy atom. The van der Waals surface area contributed by atoms with E-state index >= 15 is 0 Å². The Labute approximate surface area is 156 Å². The molecule has 7 nitrogen and oxygen atoms in total. The third-order valence-electron chi connectivity index (χ3n) is 4.41. The maximum absolute atomic E-state index is 12.3. The number of carbonyl (C=O) groups is 2. The minimum Gasteiger partial charge on any atom is -0.360 e. The first-order valence-electron chi connectivity index (χ1n) is 8.62. The van der Waals surface area contributed by atoms with Crippen molar-refractivity contribution in [2.24, 2.45) is 0 Å². The van der Waals surface area contributed by atoms with Crippen molar-refractivity contribution < 1.29 is 14.1 Å². The highest BCUT2D eigenvalue weighted by molar-refractivity contribution is 6.43. The molecular weight excluding hydrogens is 344 g/mol. The van der Waals surface area contributed by atoms with Gasteiger partial charge in [-0.25, -0.2) is 0 Å². The Morgan fingerprint density at radius 3 is 2.48 bits per heavy atom. The monoisotopic (exact) mass is 362 g/mol. The van der Waals surface area contributed by atoms with Gasteiger partial charge in [0, 0.05) is 18.3 Å². The molecule has 0 atom stereocenters. The van der Waals surface area contributed by atoms with E-state index in [9.17, 15) is 9.59 Å². The van der Waals surface area contributed by atoms with Crippen LogP contribution in [0.15, 0.2) is 59.1 Å². The molecule has 0 saturated heterocycles. The van der Waals surface area contributed by atoms with E-state index in [-0.39, 0.29) is 5.82 Å². The van der Waals surface area contributed by atoms with Gasteiger partial charge in [0.25, 0.3) is 0 Å². The molecule has 7 heteroatoms. The number of aromatic nitrogens is 1. The molecule has 0 bridgehead atoms. The van der Waals surface area contributed by atoms with Crippen LogP contribution < -0.4 is 15.5 Å². The van der Waals surface area contributed by atoms with Crippen molar-refractivity contribution in [3.63, 3.8) is 0 Å². The number of amides is 2. The number of para-hydroxylation sites is 3. The summed E-state index contributed by atoms with van der Waals surface area (Å²) in [5.41, 5.74) is 3.80. The van der Waals surface area contributed by atoms with Crippen molar-refractivity contribution in [1.82, 2.24) is 5.16 Å². The molecule has 2 amide bonds. The Bertz CT molecular complexity index is 1010. The van der Waals surface area contributed by atoms with Crippen molar-refractivity contribution in [3.05, 3.63) is 65.9 Å². The lowest BCUT2D eigenvalue weighted by Crippen LogP contribution is -2.30. The standard InChI is InChI=1S/C20H18N4O3/c1-13-12-18(23-27-13)22-20(26)19(25)21-15-7-3-5-9-17(15)24-11-10-14-6-2-4-8-16(14)24/h2-9,12H,10-11H2,1H3,(H,21,25)(H,22,23,26). The third kappa shape index (κ3) is 3.39. The van der Waals surface area contributed by atoms with Crippen LogP contribution in [0.5, 0.6) is 0 Å². The van der Waals surface area contributed by atoms with Crippen molar-refractivity contribution in [3.8, 4) is 0 Å². The number of rotatable bonds is 3. The SMILES string of the molecule is Cc1cc(NC(=O)C(=O)Nc2ccccc2N2CCc3ccccc32)no1. The number of carbonyl (C=O) groups excluding carboxylic acids is 2. The Hall–Kier alpha value is -3.61. The second-order valence-electron chi connectivity index (χ2n) is 6.28. The number of anilines is 4. The second-order valence-corrected chi connectivity index (χ2v) is 6.28. The van der Waals surface area contributed by atoms with Gasteiger partial charge in [-0.15, -0.1) is 0 Å². The molecular formula is C20H18N4O3. The van der Waals surface area contributed by atoms with Gasteiger partial charge >= 0.3 is 11.8 Å². The van der Waals surface area contributed by atoms with Crippen LogP contribution in [0.1, 0.15) is 11.3 Å². The van der Waals surface area contributed by atoms with Gasteiger partial charge in [0.1, 0.15) is 5.76 Å². The molecule has 3 aromatic rings. The van der Waals surface area contributed by atoms with Gasteiger partial charge in [-0.05, 0) is 37.1 Å². The van der Waals surface area contributed by atoms with Gasteiger partial charge in [-0.2, -0.15) is 0 Å². The lowest BCUT2D eigenvalue weighted by Gasteiger charge is -2.22. The third-order valence-corrected chi connectivity index (χ3v) is 4.41. The summed E-state index contributed by atoms with van der Waals surface area (Å²) in [7, 11) is 0. The average molecular weight is 362 g/mol. The number of nitrogens with one attached hydrogen (secondary N) is 2. The van der Waals surface area contributed by atoms with E-state index in [1.54, 1.807) is 19.1 Å². The molecule has 0 aliphatic carbocycles. The van der Waals surface area contributed by atoms with Crippen LogP contribution in [0.3, 0.4) is 0 Å². The van der Waals surface area contributed by atoms with E-state index in [0.29, 0.717) is 11.4 Å². The Morgan fingerprint density at radius 1 is 1.00 bits per heavy atom. The summed E-state index contributed by atoms with van der Waals surface area (Å²) >= 11 is 0. The fraction of sp³-hybridized carbons (Fsp3) is 0.150. The summed E-state index contributed by atoms with van der Waals surface area (Å²) in [5.74, 6) is -0.825. The first kappa shape index (κ1) is 16.8. The van der Waals surface area contributed by atoms with Crippen LogP contribution in [0, 0.1) is 6.92 Å². The number of fused-ring (bicyclic) bond motifs is 1. The number of hydrogen-bond donors (Lipinski definition) is 2. The predicted octanol–water partition coefficient (Wildman–Crippen LogP) is 3.25. The lowest BCUT2D eigenvalue weighted by molar-refractivity contribution is -0.133. The highest BCUT2D eigenvalue weighted by Gasteiger charge is 2.23. The summed E-state index contributed by atoms with van der Waals surface area (Å²) < 4.78 is 4.88. The van der Waals surface area contributed by atoms with E-state index in [2.05, 4.69) is 32.8 Å². The highest BCUT2D eigenvalue weighted by Crippen LogP contribution is 2.38. The molecule has 0 fully saturated rings. The van der Waals surface area contributed by atoms with E-state index in [4.69, 9.17) is 4.52 Å². The quantitative estimate of drug-likeness (QED) is 0.699. The molecule has 0 radical (unpaired) electrons. The van der Waals surface area contributed by atoms with E-state index < -0.39 is 11.8 Å². The number of nitrogens with zero attached hydrogens (tertiary/aromatic N) is 2. The summed E-state index contributed by atoms with van der Waals surface area (Å²) in [6.45, 7) is 2.52. The van der Waals surface area contributed by atoms with Crippen LogP contribution in [0.4, 0.5) is 22.9 Å². The maximum atomic E-state index is 12.3. The fourth-order valence-electron chi connectivity index (χ4n) is 3.18. The Kier molecular flexibility index (Phi) is 4.33. The number of aryl methyl sites for hydroxylation is 1. The second kappa shape index (κ2) is 6.95. The molecule has 0 saturated carbocycles. The first-order valence-corrected chi connectivity index (χ1v) is 8.62. The van der Waals surface area contributed by atoms with Crippen molar-refractivity contribution in [2.75, 3.05) is 22.1 Å². The van der Waals surface area contributed by atoms with Gasteiger partial charge in [0.2, 0.25) is 0 Å². The van der Waals surface area contributed by atoms with Gasteiger partial charge in [-0.3, -0.25) is 14.9 Å². The molecule has 136 valence electrons. The highest BCUT2D eigenvalue weighted by atomic mass is 16.5. The summed E-state index contributed by atoms with van der Waals surface area (Å²) in [5, 5.41) is 8.77. The fourth-order valence-corrected chi connectivity index (χ4v) is 3.18. The molecule has 2 heterocycles. The predicted molar refractivity (Wildman–Crippen MR) is 102 cm³/mol. The molecule has 1 aromatic heterocycles. The average Bonchev–Trinajstić information content (AvgIpc) is 3.28. The molecule has 0 spiro atoms. The smallest absolute Gasteiger partial charge is 0.315 e. The van der Waals surface area contributed by atoms with Crippen molar-refractivity contribution in [1.29, 1.82) is 0 Å². The zero-order valence-electron chi connectivity index (χ0n) is 14.7. The van der Waals surface area contributed by atoms with Gasteiger partial charge in [0.15, 0.2) is 5.82 Å². The van der Waals surface area contributed by atoms with Crippen LogP contribution in [0.2, 0.25) is 0 Å². The largest absolute Gasteiger partial charge is 0.360 e. The van der Waals surface area contributed by atoms with Crippen LogP contribution >= 0.6 is 0 Å². The van der Waals surface area contributed by atoms with Gasteiger partial charge in [-0.1, -0.05) is 35.5 Å². The summed E-state index contributed by atoms with van der Waals surface area (Å²) in [6.07, 6.45) is 0.935. The zero-order valence-corrected chi connectivity index (χ0v) is 14.7. The van der Waals surface area contributed by atoms with E-state index in [1.165, 1.54) is 5.56 Å². The van der Waals surface area contributed by atoms with E-state index in [0.717, 1.165) is 24.3 Å². The molecule has 2 aromatic carbocycles. The van der Waals surface area contributed by atoms with Crippen molar-refractivity contribution >= 4 is 34.7 Å². The molecule has 1 aliphatic heterocycles. The summed E-state index contributed by atoms with van der Waals surface area (Å²) in [4.78, 5) is 26.6. The lowest BCUT2D eigenvalue weighted by atomic mass is 10.1. The van der Waals surface area contributed by atoms with Gasteiger partial charge in [0.05, 0.1) is 11.4 Å². The van der Waals surface area contributed by atoms with Gasteiger partial charge < -0.3 is 14.7 Å². The first-order chi connectivity index (χ1) is 13.1. The van der Waals surface area contributed by atoms with Crippen LogP contribution in [-0.4, -0.2) is 23.5 Å². The molecule has 4 rings (SSSR count). The summed E-state index contributed by atoms with van der Waals surface area (Å²) in [6, 6.07) is 17.1. The van der Waals surface area contributed by atoms with Crippen LogP contribution in [-0.2, 0) is 16.0 Å².